The summed E-state index contributed by atoms with van der Waals surface area (Å²) in [6.07, 6.45) is 0.212. The highest BCUT2D eigenvalue weighted by Gasteiger charge is 2.31. The van der Waals surface area contributed by atoms with Crippen LogP contribution >= 0.6 is 0 Å². The van der Waals surface area contributed by atoms with Crippen LogP contribution in [-0.4, -0.2) is 37.7 Å². The fourth-order valence-corrected chi connectivity index (χ4v) is 2.20. The van der Waals surface area contributed by atoms with Crippen LogP contribution in [0.15, 0.2) is 24.3 Å². The average molecular weight is 264 g/mol. The monoisotopic (exact) mass is 264 g/mol. The minimum atomic E-state index is 0.0369. The molecule has 3 nitrogen and oxygen atoms in total. The predicted molar refractivity (Wildman–Crippen MR) is 81.8 cm³/mol. The van der Waals surface area contributed by atoms with E-state index in [1.807, 2.05) is 33.0 Å². The van der Waals surface area contributed by atoms with Crippen LogP contribution in [0, 0.1) is 0 Å². The second-order valence-electron chi connectivity index (χ2n) is 6.01. The lowest BCUT2D eigenvalue weighted by Crippen LogP contribution is -2.48. The fraction of sp³-hybridized carbons (Fsp3) is 0.625. The maximum absolute atomic E-state index is 5.68. The third-order valence-corrected chi connectivity index (χ3v) is 3.73. The summed E-state index contributed by atoms with van der Waals surface area (Å²) in [7, 11) is 6.23. The average Bonchev–Trinajstić information content (AvgIpc) is 2.31. The summed E-state index contributed by atoms with van der Waals surface area (Å²) in [6, 6.07) is 8.65. The lowest BCUT2D eigenvalue weighted by atomic mass is 9.87. The Balaban J connectivity index is 2.94. The van der Waals surface area contributed by atoms with Gasteiger partial charge in [0.05, 0.1) is 6.10 Å². The van der Waals surface area contributed by atoms with Crippen LogP contribution in [-0.2, 0) is 0 Å². The van der Waals surface area contributed by atoms with E-state index in [2.05, 4.69) is 50.3 Å². The Bertz CT molecular complexity index is 382. The molecule has 19 heavy (non-hydrogen) atoms. The van der Waals surface area contributed by atoms with Crippen LogP contribution < -0.4 is 10.1 Å². The molecule has 0 amide bonds. The smallest absolute Gasteiger partial charge is 0.119 e. The molecule has 3 heteroatoms. The highest BCUT2D eigenvalue weighted by molar-refractivity contribution is 5.31. The van der Waals surface area contributed by atoms with Crippen molar-refractivity contribution in [2.45, 2.75) is 45.4 Å². The normalized spacial score (nSPS) is 13.9. The van der Waals surface area contributed by atoms with Crippen LogP contribution in [0.5, 0.6) is 5.75 Å². The summed E-state index contributed by atoms with van der Waals surface area (Å²) in [5.74, 6) is 0.927. The molecule has 1 N–H and O–H groups in total. The Labute approximate surface area is 118 Å². The van der Waals surface area contributed by atoms with Gasteiger partial charge in [-0.1, -0.05) is 12.1 Å². The SMILES string of the molecule is CNC(c1ccc(OC(C)C)cc1)C(C)(C)N(C)C. The van der Waals surface area contributed by atoms with Crippen molar-refractivity contribution in [1.29, 1.82) is 0 Å². The van der Waals surface area contributed by atoms with Crippen molar-refractivity contribution in [3.63, 3.8) is 0 Å². The first-order valence-electron chi connectivity index (χ1n) is 6.90. The van der Waals surface area contributed by atoms with Gasteiger partial charge >= 0.3 is 0 Å². The zero-order valence-corrected chi connectivity index (χ0v) is 13.3. The minimum absolute atomic E-state index is 0.0369. The van der Waals surface area contributed by atoms with Gasteiger partial charge in [0.1, 0.15) is 5.75 Å². The van der Waals surface area contributed by atoms with E-state index >= 15 is 0 Å². The van der Waals surface area contributed by atoms with Gasteiger partial charge in [-0.3, -0.25) is 0 Å². The Morgan fingerprint density at radius 2 is 1.63 bits per heavy atom. The zero-order valence-electron chi connectivity index (χ0n) is 13.3. The number of likely N-dealkylation sites (N-methyl/N-ethyl adjacent to an activating group) is 2. The quantitative estimate of drug-likeness (QED) is 0.854. The summed E-state index contributed by atoms with van der Waals surface area (Å²) in [5, 5.41) is 3.42. The molecule has 0 fully saturated rings. The number of rotatable bonds is 6. The van der Waals surface area contributed by atoms with Crippen molar-refractivity contribution >= 4 is 0 Å². The Morgan fingerprint density at radius 1 is 1.11 bits per heavy atom. The van der Waals surface area contributed by atoms with Crippen molar-refractivity contribution in [3.05, 3.63) is 29.8 Å². The molecule has 108 valence electrons. The highest BCUT2D eigenvalue weighted by atomic mass is 16.5. The summed E-state index contributed by atoms with van der Waals surface area (Å²) >= 11 is 0. The van der Waals surface area contributed by atoms with E-state index in [9.17, 15) is 0 Å². The first kappa shape index (κ1) is 16.0. The van der Waals surface area contributed by atoms with Gasteiger partial charge < -0.3 is 15.0 Å². The molecule has 0 aliphatic heterocycles. The number of benzene rings is 1. The maximum atomic E-state index is 5.68. The molecule has 0 spiro atoms. The van der Waals surface area contributed by atoms with Gasteiger partial charge in [-0.15, -0.1) is 0 Å². The molecule has 1 aromatic rings. The predicted octanol–water partition coefficient (Wildman–Crippen LogP) is 3.07. The van der Waals surface area contributed by atoms with E-state index in [-0.39, 0.29) is 17.7 Å². The molecule has 1 unspecified atom stereocenters. The van der Waals surface area contributed by atoms with Crippen molar-refractivity contribution in [3.8, 4) is 5.75 Å². The molecular weight excluding hydrogens is 236 g/mol. The molecule has 0 aliphatic rings. The molecule has 0 radical (unpaired) electrons. The van der Waals surface area contributed by atoms with Gasteiger partial charge in [0.2, 0.25) is 0 Å². The zero-order chi connectivity index (χ0) is 14.6. The third-order valence-electron chi connectivity index (χ3n) is 3.73. The van der Waals surface area contributed by atoms with E-state index in [0.717, 1.165) is 5.75 Å². The van der Waals surface area contributed by atoms with Crippen LogP contribution in [0.2, 0.25) is 0 Å². The molecule has 0 saturated carbocycles. The van der Waals surface area contributed by atoms with Gasteiger partial charge in [0.15, 0.2) is 0 Å². The van der Waals surface area contributed by atoms with Gasteiger partial charge in [-0.05, 0) is 66.5 Å². The molecule has 0 heterocycles. The van der Waals surface area contributed by atoms with Crippen molar-refractivity contribution < 1.29 is 4.74 Å². The van der Waals surface area contributed by atoms with Crippen LogP contribution in [0.1, 0.15) is 39.3 Å². The first-order chi connectivity index (χ1) is 8.78. The van der Waals surface area contributed by atoms with E-state index in [4.69, 9.17) is 4.74 Å². The molecule has 0 aromatic heterocycles. The van der Waals surface area contributed by atoms with Crippen molar-refractivity contribution in [1.82, 2.24) is 10.2 Å². The van der Waals surface area contributed by atoms with E-state index in [1.54, 1.807) is 0 Å². The molecule has 1 rings (SSSR count). The molecule has 0 bridgehead atoms. The standard InChI is InChI=1S/C16H28N2O/c1-12(2)19-14-10-8-13(9-11-14)15(17-5)16(3,4)18(6)7/h8-12,15,17H,1-7H3. The van der Waals surface area contributed by atoms with Crippen molar-refractivity contribution in [2.75, 3.05) is 21.1 Å². The Kier molecular flexibility index (Phi) is 5.39. The number of ether oxygens (including phenoxy) is 1. The number of nitrogens with zero attached hydrogens (tertiary/aromatic N) is 1. The summed E-state index contributed by atoms with van der Waals surface area (Å²) in [4.78, 5) is 2.24. The molecule has 1 atom stereocenters. The minimum Gasteiger partial charge on any atom is -0.491 e. The first-order valence-corrected chi connectivity index (χ1v) is 6.90. The highest BCUT2D eigenvalue weighted by Crippen LogP contribution is 2.30. The van der Waals surface area contributed by atoms with E-state index in [1.165, 1.54) is 5.56 Å². The van der Waals surface area contributed by atoms with E-state index in [0.29, 0.717) is 0 Å². The molecule has 0 aliphatic carbocycles. The third kappa shape index (κ3) is 3.95. The van der Waals surface area contributed by atoms with Gasteiger partial charge in [-0.25, -0.2) is 0 Å². The van der Waals surface area contributed by atoms with Crippen LogP contribution in [0.4, 0.5) is 0 Å². The van der Waals surface area contributed by atoms with Gasteiger partial charge in [0.25, 0.3) is 0 Å². The maximum Gasteiger partial charge on any atom is 0.119 e. The summed E-state index contributed by atoms with van der Waals surface area (Å²) < 4.78 is 5.68. The van der Waals surface area contributed by atoms with Crippen LogP contribution in [0.3, 0.4) is 0 Å². The number of hydrogen-bond donors (Lipinski definition) is 1. The van der Waals surface area contributed by atoms with Gasteiger partial charge in [-0.2, -0.15) is 0 Å². The number of hydrogen-bond acceptors (Lipinski definition) is 3. The van der Waals surface area contributed by atoms with E-state index < -0.39 is 0 Å². The lowest BCUT2D eigenvalue weighted by Gasteiger charge is -2.40. The molecule has 0 saturated heterocycles. The van der Waals surface area contributed by atoms with Crippen molar-refractivity contribution in [2.24, 2.45) is 0 Å². The van der Waals surface area contributed by atoms with Gasteiger partial charge in [0, 0.05) is 11.6 Å². The van der Waals surface area contributed by atoms with Crippen LogP contribution in [0.25, 0.3) is 0 Å². The summed E-state index contributed by atoms with van der Waals surface area (Å²) in [6.45, 7) is 8.57. The second kappa shape index (κ2) is 6.40. The largest absolute Gasteiger partial charge is 0.491 e. The Morgan fingerprint density at radius 3 is 2.00 bits per heavy atom. The Hall–Kier alpha value is -1.06. The molecular formula is C16H28N2O. The number of nitrogens with one attached hydrogen (secondary N) is 1. The second-order valence-corrected chi connectivity index (χ2v) is 6.01. The fourth-order valence-electron chi connectivity index (χ4n) is 2.20. The topological polar surface area (TPSA) is 24.5 Å². The lowest BCUT2D eigenvalue weighted by molar-refractivity contribution is 0.142. The summed E-state index contributed by atoms with van der Waals surface area (Å²) in [5.41, 5.74) is 1.31. The molecule has 1 aromatic carbocycles.